The predicted molar refractivity (Wildman–Crippen MR) is 86.2 cm³/mol. The zero-order valence-electron chi connectivity index (χ0n) is 13.1. The minimum Gasteiger partial charge on any atom is -0.349 e. The van der Waals surface area contributed by atoms with Crippen LogP contribution in [0.1, 0.15) is 57.4 Å². The van der Waals surface area contributed by atoms with Crippen LogP contribution in [-0.2, 0) is 16.0 Å². The lowest BCUT2D eigenvalue weighted by Gasteiger charge is -2.05. The molecule has 1 amide bonds. The van der Waals surface area contributed by atoms with Crippen molar-refractivity contribution < 1.29 is 9.59 Å². The van der Waals surface area contributed by atoms with Crippen molar-refractivity contribution in [3.05, 3.63) is 35.9 Å². The Bertz CT molecular complexity index is 414. The molecule has 1 aromatic carbocycles. The summed E-state index contributed by atoms with van der Waals surface area (Å²) in [6, 6.07) is 9.95. The largest absolute Gasteiger partial charge is 0.349 e. The van der Waals surface area contributed by atoms with E-state index >= 15 is 0 Å². The molecule has 0 radical (unpaired) electrons. The second-order valence-corrected chi connectivity index (χ2v) is 5.43. The third-order valence-corrected chi connectivity index (χ3v) is 3.55. The third kappa shape index (κ3) is 8.28. The topological polar surface area (TPSA) is 46.2 Å². The first kappa shape index (κ1) is 17.4. The summed E-state index contributed by atoms with van der Waals surface area (Å²) in [7, 11) is 0. The third-order valence-electron chi connectivity index (χ3n) is 3.55. The molecule has 116 valence electrons. The maximum absolute atomic E-state index is 11.7. The van der Waals surface area contributed by atoms with Gasteiger partial charge in [0.1, 0.15) is 0 Å². The Morgan fingerprint density at radius 1 is 0.952 bits per heavy atom. The molecule has 3 nitrogen and oxygen atoms in total. The number of rotatable bonds is 11. The second kappa shape index (κ2) is 11.1. The molecule has 0 unspecified atom stereocenters. The van der Waals surface area contributed by atoms with Crippen molar-refractivity contribution in [3.63, 3.8) is 0 Å². The van der Waals surface area contributed by atoms with Crippen LogP contribution in [-0.4, -0.2) is 18.2 Å². The average molecular weight is 289 g/mol. The Morgan fingerprint density at radius 3 is 2.33 bits per heavy atom. The van der Waals surface area contributed by atoms with Crippen molar-refractivity contribution in [1.29, 1.82) is 0 Å². The van der Waals surface area contributed by atoms with Gasteiger partial charge in [-0.25, -0.2) is 0 Å². The Kier molecular flexibility index (Phi) is 9.18. The van der Waals surface area contributed by atoms with E-state index < -0.39 is 5.91 Å². The van der Waals surface area contributed by atoms with Gasteiger partial charge in [-0.15, -0.1) is 0 Å². The minimum atomic E-state index is -0.431. The van der Waals surface area contributed by atoms with Crippen LogP contribution < -0.4 is 5.32 Å². The first-order valence-corrected chi connectivity index (χ1v) is 8.09. The van der Waals surface area contributed by atoms with Crippen LogP contribution in [0, 0.1) is 0 Å². The fourth-order valence-electron chi connectivity index (χ4n) is 2.24. The molecule has 0 aliphatic heterocycles. The van der Waals surface area contributed by atoms with Gasteiger partial charge >= 0.3 is 0 Å². The van der Waals surface area contributed by atoms with Gasteiger partial charge in [0.05, 0.1) is 0 Å². The van der Waals surface area contributed by atoms with Gasteiger partial charge in [0, 0.05) is 13.0 Å². The monoisotopic (exact) mass is 289 g/mol. The van der Waals surface area contributed by atoms with Crippen molar-refractivity contribution in [3.8, 4) is 0 Å². The van der Waals surface area contributed by atoms with E-state index in [1.165, 1.54) is 24.8 Å². The fourth-order valence-corrected chi connectivity index (χ4v) is 2.24. The Morgan fingerprint density at radius 2 is 1.62 bits per heavy atom. The van der Waals surface area contributed by atoms with Crippen LogP contribution in [0.5, 0.6) is 0 Å². The molecular formula is C18H27NO2. The molecule has 0 spiro atoms. The summed E-state index contributed by atoms with van der Waals surface area (Å²) in [6.45, 7) is 2.70. The highest BCUT2D eigenvalue weighted by atomic mass is 16.2. The van der Waals surface area contributed by atoms with E-state index in [-0.39, 0.29) is 5.78 Å². The van der Waals surface area contributed by atoms with E-state index in [1.54, 1.807) is 0 Å². The van der Waals surface area contributed by atoms with Crippen LogP contribution in [0.2, 0.25) is 0 Å². The molecule has 0 aromatic heterocycles. The Labute approximate surface area is 128 Å². The quantitative estimate of drug-likeness (QED) is 0.499. The van der Waals surface area contributed by atoms with Crippen LogP contribution in [0.15, 0.2) is 30.3 Å². The van der Waals surface area contributed by atoms with E-state index in [1.807, 2.05) is 30.3 Å². The van der Waals surface area contributed by atoms with Gasteiger partial charge in [0.2, 0.25) is 5.78 Å². The molecule has 0 atom stereocenters. The SMILES string of the molecule is CCCCCCCCC(=O)C(=O)NCCc1ccccc1. The van der Waals surface area contributed by atoms with E-state index in [0.717, 1.165) is 25.7 Å². The number of amides is 1. The number of carbonyl (C=O) groups is 2. The first-order chi connectivity index (χ1) is 10.2. The molecular weight excluding hydrogens is 262 g/mol. The minimum absolute atomic E-state index is 0.279. The average Bonchev–Trinajstić information content (AvgIpc) is 2.51. The van der Waals surface area contributed by atoms with Gasteiger partial charge in [-0.1, -0.05) is 69.4 Å². The number of Topliss-reactive ketones (excluding diaryl/α,β-unsaturated/α-hetero) is 1. The van der Waals surface area contributed by atoms with Crippen LogP contribution >= 0.6 is 0 Å². The van der Waals surface area contributed by atoms with E-state index in [0.29, 0.717) is 13.0 Å². The maximum atomic E-state index is 11.7. The van der Waals surface area contributed by atoms with Gasteiger partial charge in [-0.3, -0.25) is 9.59 Å². The lowest BCUT2D eigenvalue weighted by atomic mass is 10.1. The lowest BCUT2D eigenvalue weighted by molar-refractivity contribution is -0.137. The number of ketones is 1. The number of hydrogen-bond donors (Lipinski definition) is 1. The van der Waals surface area contributed by atoms with Crippen molar-refractivity contribution in [2.75, 3.05) is 6.54 Å². The number of hydrogen-bond acceptors (Lipinski definition) is 2. The molecule has 0 heterocycles. The summed E-state index contributed by atoms with van der Waals surface area (Å²) in [6.07, 6.45) is 7.89. The second-order valence-electron chi connectivity index (χ2n) is 5.43. The van der Waals surface area contributed by atoms with Gasteiger partial charge < -0.3 is 5.32 Å². The molecule has 1 aromatic rings. The maximum Gasteiger partial charge on any atom is 0.287 e. The standard InChI is InChI=1S/C18H27NO2/c1-2-3-4-5-6-10-13-17(20)18(21)19-15-14-16-11-8-7-9-12-16/h7-9,11-12H,2-6,10,13-15H2,1H3,(H,19,21). The molecule has 0 aliphatic rings. The molecule has 0 aliphatic carbocycles. The van der Waals surface area contributed by atoms with E-state index in [4.69, 9.17) is 0 Å². The molecule has 0 fully saturated rings. The zero-order valence-corrected chi connectivity index (χ0v) is 13.1. The van der Waals surface area contributed by atoms with Gasteiger partial charge in [0.25, 0.3) is 5.91 Å². The molecule has 0 saturated carbocycles. The van der Waals surface area contributed by atoms with Crippen molar-refractivity contribution in [2.24, 2.45) is 0 Å². The number of unbranched alkanes of at least 4 members (excludes halogenated alkanes) is 5. The smallest absolute Gasteiger partial charge is 0.287 e. The summed E-state index contributed by atoms with van der Waals surface area (Å²) in [5.74, 6) is -0.710. The molecule has 0 bridgehead atoms. The Hall–Kier alpha value is -1.64. The summed E-state index contributed by atoms with van der Waals surface area (Å²) in [5.41, 5.74) is 1.17. The van der Waals surface area contributed by atoms with Gasteiger partial charge in [-0.05, 0) is 18.4 Å². The van der Waals surface area contributed by atoms with E-state index in [9.17, 15) is 9.59 Å². The molecule has 0 saturated heterocycles. The number of carbonyl (C=O) groups excluding carboxylic acids is 2. The molecule has 1 N–H and O–H groups in total. The highest BCUT2D eigenvalue weighted by Crippen LogP contribution is 2.07. The summed E-state index contributed by atoms with van der Waals surface area (Å²) < 4.78 is 0. The zero-order chi connectivity index (χ0) is 15.3. The Balaban J connectivity index is 2.07. The summed E-state index contributed by atoms with van der Waals surface area (Å²) >= 11 is 0. The summed E-state index contributed by atoms with van der Waals surface area (Å²) in [5, 5.41) is 2.70. The van der Waals surface area contributed by atoms with Crippen LogP contribution in [0.4, 0.5) is 0 Å². The number of nitrogens with one attached hydrogen (secondary N) is 1. The summed E-state index contributed by atoms with van der Waals surface area (Å²) in [4.78, 5) is 23.3. The normalized spacial score (nSPS) is 10.3. The predicted octanol–water partition coefficient (Wildman–Crippen LogP) is 3.67. The lowest BCUT2D eigenvalue weighted by Crippen LogP contribution is -2.32. The molecule has 3 heteroatoms. The van der Waals surface area contributed by atoms with Gasteiger partial charge in [-0.2, -0.15) is 0 Å². The van der Waals surface area contributed by atoms with Crippen molar-refractivity contribution in [2.45, 2.75) is 58.3 Å². The van der Waals surface area contributed by atoms with Crippen molar-refractivity contribution in [1.82, 2.24) is 5.32 Å². The number of benzene rings is 1. The molecule has 21 heavy (non-hydrogen) atoms. The first-order valence-electron chi connectivity index (χ1n) is 8.09. The molecule has 1 rings (SSSR count). The van der Waals surface area contributed by atoms with Crippen LogP contribution in [0.25, 0.3) is 0 Å². The van der Waals surface area contributed by atoms with Crippen molar-refractivity contribution >= 4 is 11.7 Å². The fraction of sp³-hybridized carbons (Fsp3) is 0.556. The van der Waals surface area contributed by atoms with Gasteiger partial charge in [0.15, 0.2) is 0 Å². The van der Waals surface area contributed by atoms with E-state index in [2.05, 4.69) is 12.2 Å². The highest BCUT2D eigenvalue weighted by Gasteiger charge is 2.11. The highest BCUT2D eigenvalue weighted by molar-refractivity contribution is 6.36. The van der Waals surface area contributed by atoms with Crippen LogP contribution in [0.3, 0.4) is 0 Å².